The average Bonchev–Trinajstić information content (AvgIpc) is 3.71. The van der Waals surface area contributed by atoms with Crippen molar-refractivity contribution >= 4 is 55.2 Å². The molecule has 53 heavy (non-hydrogen) atoms. The van der Waals surface area contributed by atoms with Crippen molar-refractivity contribution in [2.24, 2.45) is 4.99 Å². The Bertz CT molecular complexity index is 2920. The van der Waals surface area contributed by atoms with E-state index in [2.05, 4.69) is 180 Å². The lowest BCUT2D eigenvalue weighted by Crippen LogP contribution is -2.36. The third-order valence-electron chi connectivity index (χ3n) is 11.3. The molecule has 1 N–H and O–H groups in total. The maximum atomic E-state index is 6.74. The van der Waals surface area contributed by atoms with Crippen LogP contribution in [0.15, 0.2) is 179 Å². The van der Waals surface area contributed by atoms with Crippen molar-refractivity contribution in [1.82, 2.24) is 9.88 Å². The largest absolute Gasteiger partial charge is 0.456 e. The molecule has 4 nitrogen and oxygen atoms in total. The summed E-state index contributed by atoms with van der Waals surface area (Å²) in [5.41, 5.74) is 15.0. The molecule has 2 aliphatic rings. The lowest BCUT2D eigenvalue weighted by molar-refractivity contribution is 0.474. The minimum absolute atomic E-state index is 0.131. The van der Waals surface area contributed by atoms with Crippen LogP contribution in [0.1, 0.15) is 34.6 Å². The molecule has 1 aliphatic carbocycles. The maximum absolute atomic E-state index is 6.74. The molecule has 0 saturated carbocycles. The number of hydrogen-bond acceptors (Lipinski definition) is 3. The number of aromatic nitrogens is 1. The second kappa shape index (κ2) is 12.0. The fourth-order valence-electron chi connectivity index (χ4n) is 8.89. The van der Waals surface area contributed by atoms with Crippen molar-refractivity contribution in [3.8, 4) is 16.8 Å². The number of nitrogens with zero attached hydrogens (tertiary/aromatic N) is 2. The van der Waals surface area contributed by atoms with E-state index < -0.39 is 0 Å². The molecular formula is C49H35N3O. The van der Waals surface area contributed by atoms with Gasteiger partial charge in [0.1, 0.15) is 17.3 Å². The molecule has 0 saturated heterocycles. The lowest BCUT2D eigenvalue weighted by Gasteiger charge is -2.31. The van der Waals surface area contributed by atoms with Crippen molar-refractivity contribution in [1.29, 1.82) is 0 Å². The van der Waals surface area contributed by atoms with E-state index in [1.807, 2.05) is 0 Å². The van der Waals surface area contributed by atoms with Crippen LogP contribution in [0.4, 0.5) is 0 Å². The molecule has 1 aliphatic heterocycles. The van der Waals surface area contributed by atoms with Crippen molar-refractivity contribution in [2.75, 3.05) is 0 Å². The third kappa shape index (κ3) is 4.79. The first-order chi connectivity index (χ1) is 26.3. The minimum Gasteiger partial charge on any atom is -0.456 e. The van der Waals surface area contributed by atoms with E-state index in [1.165, 1.54) is 49.4 Å². The fraction of sp³-hybridized carbons (Fsp3) is 0.0816. The summed E-state index contributed by atoms with van der Waals surface area (Å²) in [5, 5.41) is 8.68. The summed E-state index contributed by atoms with van der Waals surface area (Å²) in [6, 6.07) is 58.7. The Morgan fingerprint density at radius 3 is 2.13 bits per heavy atom. The van der Waals surface area contributed by atoms with Crippen molar-refractivity contribution in [2.45, 2.75) is 24.9 Å². The second-order valence-electron chi connectivity index (χ2n) is 14.3. The molecule has 2 atom stereocenters. The number of allylic oxidation sites excluding steroid dienone is 1. The monoisotopic (exact) mass is 681 g/mol. The van der Waals surface area contributed by atoms with E-state index in [4.69, 9.17) is 9.41 Å². The topological polar surface area (TPSA) is 42.5 Å². The molecule has 0 spiro atoms. The van der Waals surface area contributed by atoms with E-state index >= 15 is 0 Å². The van der Waals surface area contributed by atoms with Gasteiger partial charge >= 0.3 is 0 Å². The Morgan fingerprint density at radius 2 is 1.30 bits per heavy atom. The Morgan fingerprint density at radius 1 is 0.585 bits per heavy atom. The highest BCUT2D eigenvalue weighted by atomic mass is 16.3. The number of nitrogens with one attached hydrogen (secondary N) is 1. The Labute approximate surface area is 307 Å². The minimum atomic E-state index is -0.131. The summed E-state index contributed by atoms with van der Waals surface area (Å²) in [6.07, 6.45) is 3.94. The van der Waals surface area contributed by atoms with Gasteiger partial charge in [-0.1, -0.05) is 121 Å². The summed E-state index contributed by atoms with van der Waals surface area (Å²) in [7, 11) is 0. The van der Waals surface area contributed by atoms with E-state index in [1.54, 1.807) is 0 Å². The molecule has 0 fully saturated rings. The molecule has 0 bridgehead atoms. The van der Waals surface area contributed by atoms with Crippen LogP contribution in [0.2, 0.25) is 0 Å². The SMILES string of the molecule is C1=C(c2ccccc2)NC(C2CCc3cc4oc5ccc6c(c7ccccc7n6-c6ccccc6)c5c4cc3-c3ccccc32)N=C1c1ccccc1. The molecule has 9 aromatic rings. The summed E-state index contributed by atoms with van der Waals surface area (Å²) >= 11 is 0. The van der Waals surface area contributed by atoms with Gasteiger partial charge in [0.2, 0.25) is 0 Å². The van der Waals surface area contributed by atoms with Gasteiger partial charge in [0, 0.05) is 38.8 Å². The second-order valence-corrected chi connectivity index (χ2v) is 14.3. The molecule has 2 unspecified atom stereocenters. The molecule has 0 radical (unpaired) electrons. The number of aliphatic imine (C=N–C) groups is 1. The quantitative estimate of drug-likeness (QED) is 0.201. The zero-order valence-electron chi connectivity index (χ0n) is 29.0. The predicted molar refractivity (Wildman–Crippen MR) is 219 cm³/mol. The lowest BCUT2D eigenvalue weighted by atomic mass is 9.87. The van der Waals surface area contributed by atoms with Crippen LogP contribution >= 0.6 is 0 Å². The Hall–Kier alpha value is -6.65. The molecule has 11 rings (SSSR count). The van der Waals surface area contributed by atoms with Gasteiger partial charge in [-0.3, -0.25) is 4.99 Å². The van der Waals surface area contributed by atoms with Crippen LogP contribution in [0.25, 0.3) is 66.3 Å². The molecule has 4 heteroatoms. The van der Waals surface area contributed by atoms with Gasteiger partial charge in [0.05, 0.1) is 16.7 Å². The standard InChI is InChI=1S/C49H35N3O/c1-4-14-31(15-5-1)41-30-42(32-16-6-2-7-17-32)51-49(50-41)37-25-24-33-28-46-40(29-39(33)36-21-11-10-20-35(36)37)48-45(53-46)27-26-44-47(48)38-22-12-13-23-43(38)52(44)34-18-8-3-9-19-34/h1-23,26-30,37,49-50H,24-25H2. The molecule has 0 amide bonds. The van der Waals surface area contributed by atoms with Gasteiger partial charge < -0.3 is 14.3 Å². The van der Waals surface area contributed by atoms with Crippen LogP contribution in [0, 0.1) is 0 Å². The smallest absolute Gasteiger partial charge is 0.136 e. The number of fused-ring (bicyclic) bond motifs is 10. The van der Waals surface area contributed by atoms with E-state index in [0.717, 1.165) is 57.6 Å². The summed E-state index contributed by atoms with van der Waals surface area (Å²) in [5.74, 6) is 0.156. The van der Waals surface area contributed by atoms with Crippen LogP contribution in [-0.4, -0.2) is 16.4 Å². The average molecular weight is 682 g/mol. The number of furan rings is 1. The van der Waals surface area contributed by atoms with Gasteiger partial charge in [-0.25, -0.2) is 0 Å². The molecule has 252 valence electrons. The number of rotatable bonds is 4. The molecule has 7 aromatic carbocycles. The number of para-hydroxylation sites is 2. The molecule has 3 heterocycles. The highest BCUT2D eigenvalue weighted by Gasteiger charge is 2.32. The third-order valence-corrected chi connectivity index (χ3v) is 11.3. The van der Waals surface area contributed by atoms with Gasteiger partial charge in [-0.15, -0.1) is 0 Å². The first kappa shape index (κ1) is 30.0. The van der Waals surface area contributed by atoms with Gasteiger partial charge in [0.25, 0.3) is 0 Å². The van der Waals surface area contributed by atoms with Crippen molar-refractivity contribution < 1.29 is 4.42 Å². The predicted octanol–water partition coefficient (Wildman–Crippen LogP) is 11.8. The maximum Gasteiger partial charge on any atom is 0.136 e. The van der Waals surface area contributed by atoms with E-state index in [9.17, 15) is 0 Å². The zero-order valence-corrected chi connectivity index (χ0v) is 29.0. The number of hydrogen-bond donors (Lipinski definition) is 1. The Balaban J connectivity index is 1.09. The number of benzene rings is 7. The van der Waals surface area contributed by atoms with Crippen molar-refractivity contribution in [3.05, 3.63) is 192 Å². The van der Waals surface area contributed by atoms with Crippen LogP contribution in [-0.2, 0) is 6.42 Å². The zero-order chi connectivity index (χ0) is 34.9. The van der Waals surface area contributed by atoms with Gasteiger partial charge in [-0.05, 0) is 94.8 Å². The van der Waals surface area contributed by atoms with Gasteiger partial charge in [0.15, 0.2) is 0 Å². The highest BCUT2D eigenvalue weighted by molar-refractivity contribution is 6.27. The first-order valence-corrected chi connectivity index (χ1v) is 18.5. The Kier molecular flexibility index (Phi) is 6.78. The van der Waals surface area contributed by atoms with Crippen LogP contribution in [0.5, 0.6) is 0 Å². The first-order valence-electron chi connectivity index (χ1n) is 18.5. The molecule has 2 aromatic heterocycles. The van der Waals surface area contributed by atoms with Crippen LogP contribution < -0.4 is 5.32 Å². The normalized spacial score (nSPS) is 16.9. The molecular weight excluding hydrogens is 647 g/mol. The summed E-state index contributed by atoms with van der Waals surface area (Å²) in [6.45, 7) is 0. The number of aryl methyl sites for hydroxylation is 1. The van der Waals surface area contributed by atoms with Crippen LogP contribution in [0.3, 0.4) is 0 Å². The summed E-state index contributed by atoms with van der Waals surface area (Å²) in [4.78, 5) is 5.44. The fourth-order valence-corrected chi connectivity index (χ4v) is 8.89. The summed E-state index contributed by atoms with van der Waals surface area (Å²) < 4.78 is 9.12. The van der Waals surface area contributed by atoms with Gasteiger partial charge in [-0.2, -0.15) is 0 Å². The van der Waals surface area contributed by atoms with E-state index in [0.29, 0.717) is 0 Å². The highest BCUT2D eigenvalue weighted by Crippen LogP contribution is 2.46. The van der Waals surface area contributed by atoms with Crippen molar-refractivity contribution in [3.63, 3.8) is 0 Å². The van der Waals surface area contributed by atoms with E-state index in [-0.39, 0.29) is 12.1 Å².